The van der Waals surface area contributed by atoms with Crippen molar-refractivity contribution in [1.82, 2.24) is 4.90 Å². The van der Waals surface area contributed by atoms with Crippen molar-refractivity contribution in [2.75, 3.05) is 27.3 Å². The van der Waals surface area contributed by atoms with Crippen LogP contribution in [0.2, 0.25) is 0 Å². The number of methoxy groups -OCH3 is 2. The number of ether oxygens (including phenoxy) is 2. The number of likely N-dealkylation sites (tertiary alicyclic amines) is 1. The first-order valence-corrected chi connectivity index (χ1v) is 8.95. The Morgan fingerprint density at radius 3 is 2.30 bits per heavy atom. The van der Waals surface area contributed by atoms with Gasteiger partial charge in [0.25, 0.3) is 0 Å². The molecule has 0 saturated carbocycles. The Bertz CT molecular complexity index is 784. The molecule has 27 heavy (non-hydrogen) atoms. The van der Waals surface area contributed by atoms with E-state index < -0.39 is 17.6 Å². The minimum absolute atomic E-state index is 0.461. The van der Waals surface area contributed by atoms with Gasteiger partial charge in [0.2, 0.25) is 0 Å². The molecule has 0 amide bonds. The molecule has 0 bridgehead atoms. The number of carboxylic acids is 1. The molecule has 1 aliphatic rings. The summed E-state index contributed by atoms with van der Waals surface area (Å²) < 4.78 is 10.6. The van der Waals surface area contributed by atoms with Gasteiger partial charge in [0.15, 0.2) is 0 Å². The Hall–Kier alpha value is -2.57. The van der Waals surface area contributed by atoms with Gasteiger partial charge >= 0.3 is 5.97 Å². The molecule has 1 atom stereocenters. The maximum Gasteiger partial charge on any atom is 0.325 e. The predicted octanol–water partition coefficient (Wildman–Crippen LogP) is 2.81. The minimum atomic E-state index is -0.952. The van der Waals surface area contributed by atoms with E-state index in [0.717, 1.165) is 5.56 Å². The van der Waals surface area contributed by atoms with E-state index in [0.29, 0.717) is 43.0 Å². The van der Waals surface area contributed by atoms with Crippen LogP contribution in [-0.4, -0.2) is 48.4 Å². The van der Waals surface area contributed by atoms with E-state index in [-0.39, 0.29) is 0 Å². The smallest absolute Gasteiger partial charge is 0.325 e. The van der Waals surface area contributed by atoms with E-state index in [1.165, 1.54) is 7.11 Å². The van der Waals surface area contributed by atoms with E-state index in [4.69, 9.17) is 9.47 Å². The van der Waals surface area contributed by atoms with Crippen molar-refractivity contribution in [3.05, 3.63) is 59.7 Å². The van der Waals surface area contributed by atoms with Crippen LogP contribution in [0.3, 0.4) is 0 Å². The molecule has 0 aromatic heterocycles. The lowest BCUT2D eigenvalue weighted by atomic mass is 9.83. The number of nitrogens with zero attached hydrogens (tertiary/aromatic N) is 1. The molecular weight excluding hydrogens is 346 g/mol. The average molecular weight is 371 g/mol. The van der Waals surface area contributed by atoms with Crippen molar-refractivity contribution in [3.63, 3.8) is 0 Å². The fourth-order valence-electron chi connectivity index (χ4n) is 3.73. The minimum Gasteiger partial charge on any atom is -0.497 e. The molecule has 2 aromatic carbocycles. The van der Waals surface area contributed by atoms with E-state index in [2.05, 4.69) is 0 Å². The molecule has 3 rings (SSSR count). The van der Waals surface area contributed by atoms with Crippen molar-refractivity contribution in [3.8, 4) is 11.5 Å². The lowest BCUT2D eigenvalue weighted by Gasteiger charge is -2.41. The van der Waals surface area contributed by atoms with E-state index in [1.807, 2.05) is 35.2 Å². The van der Waals surface area contributed by atoms with Gasteiger partial charge < -0.3 is 19.7 Å². The van der Waals surface area contributed by atoms with Crippen LogP contribution >= 0.6 is 0 Å². The third-order valence-corrected chi connectivity index (χ3v) is 5.27. The molecule has 0 unspecified atom stereocenters. The van der Waals surface area contributed by atoms with Gasteiger partial charge in [-0.25, -0.2) is 0 Å². The van der Waals surface area contributed by atoms with Crippen molar-refractivity contribution < 1.29 is 24.5 Å². The molecule has 1 heterocycles. The number of hydrogen-bond donors (Lipinski definition) is 2. The average Bonchev–Trinajstić information content (AvgIpc) is 2.70. The van der Waals surface area contributed by atoms with Gasteiger partial charge in [0.05, 0.1) is 19.8 Å². The van der Waals surface area contributed by atoms with Crippen LogP contribution in [0.15, 0.2) is 48.5 Å². The van der Waals surface area contributed by atoms with Gasteiger partial charge in [-0.3, -0.25) is 9.69 Å². The highest BCUT2D eigenvalue weighted by Crippen LogP contribution is 2.38. The highest BCUT2D eigenvalue weighted by Gasteiger charge is 2.39. The number of aliphatic carboxylic acids is 1. The molecule has 2 N–H and O–H groups in total. The van der Waals surface area contributed by atoms with Crippen molar-refractivity contribution in [2.24, 2.45) is 0 Å². The topological polar surface area (TPSA) is 79.2 Å². The molecule has 1 fully saturated rings. The van der Waals surface area contributed by atoms with E-state index in [9.17, 15) is 15.0 Å². The quantitative estimate of drug-likeness (QED) is 0.813. The third kappa shape index (κ3) is 3.91. The second-order valence-electron chi connectivity index (χ2n) is 6.78. The van der Waals surface area contributed by atoms with Crippen LogP contribution in [0.25, 0.3) is 0 Å². The van der Waals surface area contributed by atoms with E-state index in [1.54, 1.807) is 25.3 Å². The lowest BCUT2D eigenvalue weighted by Crippen LogP contribution is -2.46. The Morgan fingerprint density at radius 2 is 1.74 bits per heavy atom. The Labute approximate surface area is 159 Å². The summed E-state index contributed by atoms with van der Waals surface area (Å²) in [5.41, 5.74) is 0.490. The highest BCUT2D eigenvalue weighted by atomic mass is 16.5. The molecular formula is C21H25NO5. The van der Waals surface area contributed by atoms with Crippen molar-refractivity contribution in [2.45, 2.75) is 24.5 Å². The number of benzene rings is 2. The predicted molar refractivity (Wildman–Crippen MR) is 101 cm³/mol. The maximum absolute atomic E-state index is 12.1. The summed E-state index contributed by atoms with van der Waals surface area (Å²) >= 11 is 0. The summed E-state index contributed by atoms with van der Waals surface area (Å²) in [5.74, 6) is 0.133. The number of carboxylic acid groups (broad SMARTS) is 1. The van der Waals surface area contributed by atoms with Crippen molar-refractivity contribution in [1.29, 1.82) is 0 Å². The Morgan fingerprint density at radius 1 is 1.07 bits per heavy atom. The summed E-state index contributed by atoms with van der Waals surface area (Å²) in [7, 11) is 3.07. The van der Waals surface area contributed by atoms with Crippen LogP contribution in [-0.2, 0) is 10.4 Å². The van der Waals surface area contributed by atoms with Gasteiger partial charge in [-0.05, 0) is 36.6 Å². The number of aliphatic hydroxyl groups is 1. The van der Waals surface area contributed by atoms with Gasteiger partial charge in [-0.2, -0.15) is 0 Å². The molecule has 1 saturated heterocycles. The third-order valence-electron chi connectivity index (χ3n) is 5.27. The number of rotatable bonds is 6. The second-order valence-corrected chi connectivity index (χ2v) is 6.78. The first kappa shape index (κ1) is 19.2. The molecule has 0 aliphatic carbocycles. The van der Waals surface area contributed by atoms with Crippen LogP contribution < -0.4 is 9.47 Å². The van der Waals surface area contributed by atoms with Gasteiger partial charge in [0, 0.05) is 18.7 Å². The maximum atomic E-state index is 12.1. The summed E-state index contributed by atoms with van der Waals surface area (Å²) in [6.45, 7) is 0.922. The summed E-state index contributed by atoms with van der Waals surface area (Å²) in [6.07, 6.45) is 0.931. The molecule has 6 heteroatoms. The fraction of sp³-hybridized carbons (Fsp3) is 0.381. The molecule has 0 radical (unpaired) electrons. The molecule has 6 nitrogen and oxygen atoms in total. The molecule has 2 aromatic rings. The van der Waals surface area contributed by atoms with Gasteiger partial charge in [0.1, 0.15) is 17.5 Å². The largest absolute Gasteiger partial charge is 0.497 e. The normalized spacial score (nSPS) is 17.9. The SMILES string of the molecule is COc1ccc(OC)c([C@H](C(=O)O)N2CCC(O)(c3ccccc3)CC2)c1. The van der Waals surface area contributed by atoms with Crippen LogP contribution in [0, 0.1) is 0 Å². The molecule has 144 valence electrons. The molecule has 1 aliphatic heterocycles. The Balaban J connectivity index is 1.85. The standard InChI is InChI=1S/C21H25NO5/c1-26-16-8-9-18(27-2)17(14-16)19(20(23)24)22-12-10-21(25,11-13-22)15-6-4-3-5-7-15/h3-9,14,19,25H,10-13H2,1-2H3,(H,23,24)/t19-/m1/s1. The monoisotopic (exact) mass is 371 g/mol. The second kappa shape index (κ2) is 7.98. The van der Waals surface area contributed by atoms with Gasteiger partial charge in [-0.1, -0.05) is 30.3 Å². The first-order valence-electron chi connectivity index (χ1n) is 8.95. The van der Waals surface area contributed by atoms with Gasteiger partial charge in [-0.15, -0.1) is 0 Å². The van der Waals surface area contributed by atoms with Crippen LogP contribution in [0.4, 0.5) is 0 Å². The zero-order valence-corrected chi connectivity index (χ0v) is 15.6. The van der Waals surface area contributed by atoms with E-state index >= 15 is 0 Å². The highest BCUT2D eigenvalue weighted by molar-refractivity contribution is 5.77. The molecule has 0 spiro atoms. The number of carbonyl (C=O) groups is 1. The summed E-state index contributed by atoms with van der Waals surface area (Å²) in [6, 6.07) is 13.8. The Kier molecular flexibility index (Phi) is 5.68. The number of hydrogen-bond acceptors (Lipinski definition) is 5. The first-order chi connectivity index (χ1) is 13.0. The van der Waals surface area contributed by atoms with Crippen LogP contribution in [0.1, 0.15) is 30.0 Å². The zero-order valence-electron chi connectivity index (χ0n) is 15.6. The van der Waals surface area contributed by atoms with Crippen molar-refractivity contribution >= 4 is 5.97 Å². The fourth-order valence-corrected chi connectivity index (χ4v) is 3.73. The summed E-state index contributed by atoms with van der Waals surface area (Å²) in [4.78, 5) is 14.0. The zero-order chi connectivity index (χ0) is 19.4. The lowest BCUT2D eigenvalue weighted by molar-refractivity contribution is -0.146. The van der Waals surface area contributed by atoms with Crippen LogP contribution in [0.5, 0.6) is 11.5 Å². The number of piperidine rings is 1. The summed E-state index contributed by atoms with van der Waals surface area (Å²) in [5, 5.41) is 20.9.